The second-order valence-electron chi connectivity index (χ2n) is 10.8. The molecular weight excluding hydrogens is 522 g/mol. The van der Waals surface area contributed by atoms with Crippen molar-refractivity contribution < 1.29 is 12.4 Å². The highest BCUT2D eigenvalue weighted by Crippen LogP contribution is 2.34. The fraction of sp³-hybridized carbons (Fsp3) is 0.162. The first-order valence-electron chi connectivity index (χ1n) is 14.3. The molecule has 2 heterocycles. The Bertz CT molecular complexity index is 2050. The Kier molecular flexibility index (Phi) is 6.93. The van der Waals surface area contributed by atoms with Crippen molar-refractivity contribution in [3.8, 4) is 11.1 Å². The summed E-state index contributed by atoms with van der Waals surface area (Å²) in [5.41, 5.74) is 11.4. The second kappa shape index (κ2) is 10.6. The van der Waals surface area contributed by atoms with Gasteiger partial charge in [-0.1, -0.05) is 48.5 Å². The Morgan fingerprint density at radius 1 is 0.683 bits per heavy atom. The van der Waals surface area contributed by atoms with Crippen molar-refractivity contribution in [1.29, 1.82) is 0 Å². The molecule has 0 amide bonds. The average molecular weight is 556 g/mol. The Morgan fingerprint density at radius 3 is 2.15 bits per heavy atom. The molecular formula is C37H34ClN3. The maximum absolute atomic E-state index is 2.42. The van der Waals surface area contributed by atoms with Crippen molar-refractivity contribution in [3.05, 3.63) is 131 Å². The summed E-state index contributed by atoms with van der Waals surface area (Å²) in [5, 5.41) is 5.14. The van der Waals surface area contributed by atoms with Crippen LogP contribution in [0.3, 0.4) is 0 Å². The first kappa shape index (κ1) is 26.9. The van der Waals surface area contributed by atoms with Crippen LogP contribution in [0, 0.1) is 0 Å². The topological polar surface area (TPSA) is 11.2 Å². The summed E-state index contributed by atoms with van der Waals surface area (Å²) in [5.74, 6) is 0. The molecule has 0 N–H and O–H groups in total. The van der Waals surface area contributed by atoms with Gasteiger partial charge < -0.3 is 21.9 Å². The Morgan fingerprint density at radius 2 is 1.39 bits per heavy atom. The van der Waals surface area contributed by atoms with Crippen LogP contribution in [-0.4, -0.2) is 25.2 Å². The minimum atomic E-state index is 0. The molecule has 0 atom stereocenters. The highest BCUT2D eigenvalue weighted by molar-refractivity contribution is 6.09. The lowest BCUT2D eigenvalue weighted by Crippen LogP contribution is -3.00. The molecule has 5 aromatic carbocycles. The number of aromatic nitrogens is 1. The molecule has 41 heavy (non-hydrogen) atoms. The monoisotopic (exact) mass is 555 g/mol. The van der Waals surface area contributed by atoms with E-state index in [-0.39, 0.29) is 12.4 Å². The van der Waals surface area contributed by atoms with E-state index in [9.17, 15) is 0 Å². The smallest absolute Gasteiger partial charge is 0.213 e. The third-order valence-corrected chi connectivity index (χ3v) is 8.43. The van der Waals surface area contributed by atoms with Gasteiger partial charge in [-0.05, 0) is 84.3 Å². The molecule has 3 nitrogen and oxygen atoms in total. The number of aryl methyl sites for hydroxylation is 1. The summed E-state index contributed by atoms with van der Waals surface area (Å²) >= 11 is 0. The molecule has 1 aliphatic heterocycles. The molecule has 0 saturated heterocycles. The largest absolute Gasteiger partial charge is 1.00 e. The number of fused-ring (bicyclic) bond motifs is 6. The van der Waals surface area contributed by atoms with Gasteiger partial charge in [-0.15, -0.1) is 0 Å². The summed E-state index contributed by atoms with van der Waals surface area (Å²) in [6.45, 7) is 6.35. The number of hydrogen-bond acceptors (Lipinski definition) is 1. The zero-order valence-corrected chi connectivity index (χ0v) is 24.8. The van der Waals surface area contributed by atoms with Crippen molar-refractivity contribution in [2.75, 3.05) is 25.5 Å². The number of rotatable bonds is 5. The summed E-state index contributed by atoms with van der Waals surface area (Å²) in [7, 11) is 4.18. The van der Waals surface area contributed by atoms with Crippen molar-refractivity contribution in [2.45, 2.75) is 20.4 Å². The SMILES string of the molecule is CCn1c2ccccc2c2cc(C(c3ccc(N(C)C)cc3)=c3ccc4c(c3)-c3ccccc3[N+]=4CC)ccc21.[Cl-]. The zero-order chi connectivity index (χ0) is 27.4. The van der Waals surface area contributed by atoms with E-state index in [4.69, 9.17) is 0 Å². The first-order chi connectivity index (χ1) is 19.6. The van der Waals surface area contributed by atoms with Crippen LogP contribution in [0.2, 0.25) is 0 Å². The van der Waals surface area contributed by atoms with Crippen molar-refractivity contribution in [1.82, 2.24) is 9.14 Å². The van der Waals surface area contributed by atoms with Gasteiger partial charge in [0.05, 0.1) is 11.1 Å². The number of anilines is 1. The Hall–Kier alpha value is -4.34. The molecule has 0 radical (unpaired) electrons. The average Bonchev–Trinajstić information content (AvgIpc) is 3.49. The molecule has 0 fully saturated rings. The van der Waals surface area contributed by atoms with Gasteiger partial charge in [-0.3, -0.25) is 0 Å². The maximum atomic E-state index is 2.42. The van der Waals surface area contributed by atoms with Gasteiger partial charge in [0.25, 0.3) is 0 Å². The summed E-state index contributed by atoms with van der Waals surface area (Å²) in [4.78, 5) is 2.15. The fourth-order valence-electron chi connectivity index (χ4n) is 6.53. The number of para-hydroxylation sites is 2. The van der Waals surface area contributed by atoms with Crippen LogP contribution in [0.25, 0.3) is 38.5 Å². The van der Waals surface area contributed by atoms with Crippen LogP contribution in [0.4, 0.5) is 11.4 Å². The van der Waals surface area contributed by atoms with Gasteiger partial charge in [0.15, 0.2) is 0 Å². The van der Waals surface area contributed by atoms with Gasteiger partial charge in [0.2, 0.25) is 11.0 Å². The van der Waals surface area contributed by atoms with E-state index in [1.54, 1.807) is 0 Å². The third kappa shape index (κ3) is 4.24. The van der Waals surface area contributed by atoms with Crippen LogP contribution >= 0.6 is 0 Å². The van der Waals surface area contributed by atoms with Gasteiger partial charge in [-0.25, -0.2) is 0 Å². The molecule has 4 heteroatoms. The molecule has 0 aliphatic carbocycles. The lowest BCUT2D eigenvalue weighted by Gasteiger charge is -2.15. The normalized spacial score (nSPS) is 12.7. The predicted octanol–water partition coefficient (Wildman–Crippen LogP) is 3.95. The second-order valence-corrected chi connectivity index (χ2v) is 10.8. The van der Waals surface area contributed by atoms with Crippen LogP contribution in [0.15, 0.2) is 109 Å². The van der Waals surface area contributed by atoms with Crippen molar-refractivity contribution in [3.63, 3.8) is 0 Å². The molecule has 1 aromatic heterocycles. The first-order valence-corrected chi connectivity index (χ1v) is 14.3. The maximum Gasteiger partial charge on any atom is 0.213 e. The van der Waals surface area contributed by atoms with Crippen molar-refractivity contribution in [2.24, 2.45) is 0 Å². The van der Waals surface area contributed by atoms with Gasteiger partial charge in [-0.2, -0.15) is 4.58 Å². The van der Waals surface area contributed by atoms with Crippen LogP contribution in [0.1, 0.15) is 25.0 Å². The molecule has 0 bridgehead atoms. The number of hydrogen-bond donors (Lipinski definition) is 0. The molecule has 0 spiro atoms. The molecule has 0 unspecified atom stereocenters. The van der Waals surface area contributed by atoms with Gasteiger partial charge in [0, 0.05) is 60.3 Å². The zero-order valence-electron chi connectivity index (χ0n) is 24.0. The van der Waals surface area contributed by atoms with Gasteiger partial charge in [0.1, 0.15) is 6.54 Å². The quantitative estimate of drug-likeness (QED) is 0.293. The third-order valence-electron chi connectivity index (χ3n) is 8.43. The van der Waals surface area contributed by atoms with E-state index in [0.29, 0.717) is 0 Å². The molecule has 1 aliphatic rings. The minimum absolute atomic E-state index is 0. The molecule has 7 rings (SSSR count). The fourth-order valence-corrected chi connectivity index (χ4v) is 6.53. The lowest BCUT2D eigenvalue weighted by molar-refractivity contribution is -0.00000787. The predicted molar refractivity (Wildman–Crippen MR) is 170 cm³/mol. The van der Waals surface area contributed by atoms with Crippen LogP contribution < -0.4 is 32.5 Å². The highest BCUT2D eigenvalue weighted by Gasteiger charge is 2.26. The van der Waals surface area contributed by atoms with Crippen LogP contribution in [0.5, 0.6) is 0 Å². The number of nitrogens with zero attached hydrogens (tertiary/aromatic N) is 3. The number of halogens is 1. The molecule has 6 aromatic rings. The molecule has 0 saturated carbocycles. The van der Waals surface area contributed by atoms with E-state index in [0.717, 1.165) is 13.1 Å². The van der Waals surface area contributed by atoms with E-state index in [1.165, 1.54) is 71.6 Å². The standard InChI is InChI=1S/C37H34N3.ClH/c1-5-39-33-13-9-7-11-29(33)31-23-26(17-21-35(31)39)37(25-15-19-28(20-16-25)38(3)4)27-18-22-36-32(24-27)30-12-8-10-14-34(30)40(36)6-2;/h7-24H,5-6H2,1-4H3;1H/q+1;/p-1. The lowest BCUT2D eigenvalue weighted by atomic mass is 9.93. The highest BCUT2D eigenvalue weighted by atomic mass is 35.5. The van der Waals surface area contributed by atoms with Crippen LogP contribution in [-0.2, 0) is 6.54 Å². The minimum Gasteiger partial charge on any atom is -1.00 e. The van der Waals surface area contributed by atoms with E-state index < -0.39 is 0 Å². The Labute approximate surface area is 247 Å². The summed E-state index contributed by atoms with van der Waals surface area (Å²) in [6, 6.07) is 40.6. The van der Waals surface area contributed by atoms with E-state index in [2.05, 4.69) is 151 Å². The van der Waals surface area contributed by atoms with Crippen molar-refractivity contribution >= 4 is 38.8 Å². The van der Waals surface area contributed by atoms with E-state index in [1.807, 2.05) is 0 Å². The number of benzene rings is 5. The summed E-state index contributed by atoms with van der Waals surface area (Å²) < 4.78 is 4.84. The van der Waals surface area contributed by atoms with Gasteiger partial charge >= 0.3 is 0 Å². The molecule has 204 valence electrons. The van der Waals surface area contributed by atoms with E-state index >= 15 is 0 Å². The Balaban J connectivity index is 0.00000302. The summed E-state index contributed by atoms with van der Waals surface area (Å²) in [6.07, 6.45) is 0.